The molecule has 0 radical (unpaired) electrons. The lowest BCUT2D eigenvalue weighted by atomic mass is 10.2. The van der Waals surface area contributed by atoms with Crippen molar-refractivity contribution in [1.82, 2.24) is 10.0 Å². The number of esters is 1. The monoisotopic (exact) mass is 372 g/mol. The first-order valence-electron chi connectivity index (χ1n) is 7.78. The molecule has 0 saturated carbocycles. The highest BCUT2D eigenvalue weighted by Gasteiger charge is 2.18. The first-order chi connectivity index (χ1) is 11.8. The number of ether oxygens (including phenoxy) is 2. The normalized spacial score (nSPS) is 12.4. The van der Waals surface area contributed by atoms with E-state index in [0.717, 1.165) is 5.56 Å². The maximum absolute atomic E-state index is 12.1. The molecule has 25 heavy (non-hydrogen) atoms. The SMILES string of the molecule is COCCNC(=O)[C@H](C)OC(=O)CCNS(=O)(=O)c1ccc(C)cc1. The number of carbonyl (C=O) groups excluding carboxylic acids is 2. The van der Waals surface area contributed by atoms with Gasteiger partial charge in [-0.05, 0) is 26.0 Å². The van der Waals surface area contributed by atoms with Crippen molar-refractivity contribution >= 4 is 21.9 Å². The quantitative estimate of drug-likeness (QED) is 0.453. The van der Waals surface area contributed by atoms with E-state index in [0.29, 0.717) is 13.2 Å². The number of aryl methyl sites for hydroxylation is 1. The minimum Gasteiger partial charge on any atom is -0.453 e. The zero-order valence-corrected chi connectivity index (χ0v) is 15.4. The van der Waals surface area contributed by atoms with Gasteiger partial charge in [-0.2, -0.15) is 0 Å². The third kappa shape index (κ3) is 7.63. The number of hydrogen-bond donors (Lipinski definition) is 2. The van der Waals surface area contributed by atoms with Gasteiger partial charge in [-0.3, -0.25) is 9.59 Å². The van der Waals surface area contributed by atoms with Crippen molar-refractivity contribution in [3.63, 3.8) is 0 Å². The fourth-order valence-corrected chi connectivity index (χ4v) is 2.85. The highest BCUT2D eigenvalue weighted by Crippen LogP contribution is 2.09. The first kappa shape index (κ1) is 21.1. The molecule has 0 aliphatic heterocycles. The standard InChI is InChI=1S/C16H24N2O6S/c1-12-4-6-14(7-5-12)25(21,22)18-9-8-15(19)24-13(2)16(20)17-10-11-23-3/h4-7,13,18H,8-11H2,1-3H3,(H,17,20)/t13-/m0/s1. The molecule has 1 aromatic rings. The number of amides is 1. The van der Waals surface area contributed by atoms with E-state index in [1.54, 1.807) is 12.1 Å². The molecule has 1 amide bonds. The van der Waals surface area contributed by atoms with E-state index in [-0.39, 0.29) is 17.9 Å². The van der Waals surface area contributed by atoms with E-state index in [9.17, 15) is 18.0 Å². The Morgan fingerprint density at radius 1 is 1.16 bits per heavy atom. The van der Waals surface area contributed by atoms with Crippen molar-refractivity contribution in [2.45, 2.75) is 31.3 Å². The van der Waals surface area contributed by atoms with Crippen LogP contribution in [-0.2, 0) is 29.1 Å². The van der Waals surface area contributed by atoms with Crippen LogP contribution in [0.1, 0.15) is 18.9 Å². The van der Waals surface area contributed by atoms with Crippen LogP contribution in [0.3, 0.4) is 0 Å². The molecule has 0 fully saturated rings. The molecule has 0 aliphatic carbocycles. The molecule has 1 aromatic carbocycles. The van der Waals surface area contributed by atoms with Crippen LogP contribution in [0.15, 0.2) is 29.2 Å². The van der Waals surface area contributed by atoms with Crippen LogP contribution in [-0.4, -0.2) is 53.2 Å². The molecule has 1 rings (SSSR count). The van der Waals surface area contributed by atoms with E-state index >= 15 is 0 Å². The maximum Gasteiger partial charge on any atom is 0.307 e. The molecule has 8 nitrogen and oxygen atoms in total. The van der Waals surface area contributed by atoms with Gasteiger partial charge in [0.25, 0.3) is 5.91 Å². The van der Waals surface area contributed by atoms with Crippen LogP contribution in [0.4, 0.5) is 0 Å². The maximum atomic E-state index is 12.1. The predicted molar refractivity (Wildman–Crippen MR) is 91.4 cm³/mol. The van der Waals surface area contributed by atoms with Crippen LogP contribution in [0.2, 0.25) is 0 Å². The van der Waals surface area contributed by atoms with Gasteiger partial charge in [-0.15, -0.1) is 0 Å². The number of carbonyl (C=O) groups is 2. The largest absolute Gasteiger partial charge is 0.453 e. The molecule has 0 bridgehead atoms. The summed E-state index contributed by atoms with van der Waals surface area (Å²) in [4.78, 5) is 23.5. The average molecular weight is 372 g/mol. The minimum atomic E-state index is -3.68. The fraction of sp³-hybridized carbons (Fsp3) is 0.500. The van der Waals surface area contributed by atoms with Crippen LogP contribution >= 0.6 is 0 Å². The molecule has 0 aromatic heterocycles. The van der Waals surface area contributed by atoms with Crippen LogP contribution in [0, 0.1) is 6.92 Å². The van der Waals surface area contributed by atoms with E-state index in [1.165, 1.54) is 26.2 Å². The molecular weight excluding hydrogens is 348 g/mol. The van der Waals surface area contributed by atoms with Gasteiger partial charge in [0.1, 0.15) is 0 Å². The Kier molecular flexibility index (Phi) is 8.53. The summed E-state index contributed by atoms with van der Waals surface area (Å²) in [5, 5.41) is 2.54. The van der Waals surface area contributed by atoms with E-state index in [2.05, 4.69) is 10.0 Å². The molecule has 0 unspecified atom stereocenters. The third-order valence-corrected chi connectivity index (χ3v) is 4.71. The number of sulfonamides is 1. The Labute approximate surface area is 147 Å². The Hall–Kier alpha value is -1.97. The summed E-state index contributed by atoms with van der Waals surface area (Å²) in [7, 11) is -2.18. The first-order valence-corrected chi connectivity index (χ1v) is 9.27. The van der Waals surface area contributed by atoms with Crippen molar-refractivity contribution in [3.05, 3.63) is 29.8 Å². The lowest BCUT2D eigenvalue weighted by molar-refractivity contribution is -0.154. The number of hydrogen-bond acceptors (Lipinski definition) is 6. The molecule has 0 saturated heterocycles. The van der Waals surface area contributed by atoms with Crippen molar-refractivity contribution in [1.29, 1.82) is 0 Å². The van der Waals surface area contributed by atoms with E-state index < -0.39 is 28.0 Å². The molecule has 1 atom stereocenters. The van der Waals surface area contributed by atoms with Gasteiger partial charge >= 0.3 is 5.97 Å². The van der Waals surface area contributed by atoms with Crippen LogP contribution < -0.4 is 10.0 Å². The van der Waals surface area contributed by atoms with Gasteiger partial charge in [-0.1, -0.05) is 17.7 Å². The number of nitrogens with one attached hydrogen (secondary N) is 2. The molecule has 0 spiro atoms. The number of rotatable bonds is 10. The Balaban J connectivity index is 2.38. The van der Waals surface area contributed by atoms with Gasteiger partial charge in [-0.25, -0.2) is 13.1 Å². The second-order valence-corrected chi connectivity index (χ2v) is 7.14. The molecule has 9 heteroatoms. The highest BCUT2D eigenvalue weighted by molar-refractivity contribution is 7.89. The average Bonchev–Trinajstić information content (AvgIpc) is 2.55. The van der Waals surface area contributed by atoms with Crippen molar-refractivity contribution in [3.8, 4) is 0 Å². The summed E-state index contributed by atoms with van der Waals surface area (Å²) in [6.07, 6.45) is -1.14. The van der Waals surface area contributed by atoms with Crippen molar-refractivity contribution < 1.29 is 27.5 Å². The summed E-state index contributed by atoms with van der Waals surface area (Å²) in [6.45, 7) is 3.84. The van der Waals surface area contributed by atoms with Gasteiger partial charge in [0.2, 0.25) is 10.0 Å². The summed E-state index contributed by atoms with van der Waals surface area (Å²) in [5.41, 5.74) is 0.945. The van der Waals surface area contributed by atoms with Gasteiger partial charge in [0, 0.05) is 20.2 Å². The molecular formula is C16H24N2O6S. The summed E-state index contributed by atoms with van der Waals surface area (Å²) in [5.74, 6) is -1.10. The third-order valence-electron chi connectivity index (χ3n) is 3.24. The summed E-state index contributed by atoms with van der Waals surface area (Å²) >= 11 is 0. The topological polar surface area (TPSA) is 111 Å². The lowest BCUT2D eigenvalue weighted by Gasteiger charge is -2.13. The Bertz CT molecular complexity index is 672. The molecule has 140 valence electrons. The Morgan fingerprint density at radius 3 is 2.40 bits per heavy atom. The van der Waals surface area contributed by atoms with Gasteiger partial charge in [0.15, 0.2) is 6.10 Å². The van der Waals surface area contributed by atoms with E-state index in [4.69, 9.17) is 9.47 Å². The van der Waals surface area contributed by atoms with Crippen molar-refractivity contribution in [2.75, 3.05) is 26.8 Å². The molecule has 0 aliphatic rings. The van der Waals surface area contributed by atoms with Crippen molar-refractivity contribution in [2.24, 2.45) is 0 Å². The second kappa shape index (κ2) is 10.1. The summed E-state index contributed by atoms with van der Waals surface area (Å²) < 4.78 is 36.2. The number of benzene rings is 1. The second-order valence-electron chi connectivity index (χ2n) is 5.38. The van der Waals surface area contributed by atoms with Gasteiger partial charge in [0.05, 0.1) is 17.9 Å². The minimum absolute atomic E-state index is 0.118. The highest BCUT2D eigenvalue weighted by atomic mass is 32.2. The van der Waals surface area contributed by atoms with E-state index in [1.807, 2.05) is 6.92 Å². The molecule has 2 N–H and O–H groups in total. The Morgan fingerprint density at radius 2 is 1.80 bits per heavy atom. The predicted octanol–water partition coefficient (Wildman–Crippen LogP) is 0.358. The smallest absolute Gasteiger partial charge is 0.307 e. The zero-order chi connectivity index (χ0) is 18.9. The lowest BCUT2D eigenvalue weighted by Crippen LogP contribution is -2.38. The summed E-state index contributed by atoms with van der Waals surface area (Å²) in [6, 6.07) is 6.35. The molecule has 0 heterocycles. The van der Waals surface area contributed by atoms with Gasteiger partial charge < -0.3 is 14.8 Å². The zero-order valence-electron chi connectivity index (χ0n) is 14.6. The number of methoxy groups -OCH3 is 1. The van der Waals surface area contributed by atoms with Crippen LogP contribution in [0.25, 0.3) is 0 Å². The fourth-order valence-electron chi connectivity index (χ4n) is 1.82. The van der Waals surface area contributed by atoms with Crippen LogP contribution in [0.5, 0.6) is 0 Å².